The van der Waals surface area contributed by atoms with Crippen LogP contribution in [0.1, 0.15) is 24.8 Å². The molecule has 0 bridgehead atoms. The number of para-hydroxylation sites is 1. The quantitative estimate of drug-likeness (QED) is 0.670. The molecule has 0 spiro atoms. The van der Waals surface area contributed by atoms with Crippen LogP contribution in [0.15, 0.2) is 54.6 Å². The molecule has 0 aliphatic carbocycles. The van der Waals surface area contributed by atoms with E-state index in [2.05, 4.69) is 39.2 Å². The van der Waals surface area contributed by atoms with Gasteiger partial charge in [0.15, 0.2) is 0 Å². The molecular formula is C28H36FN5O2. The Balaban J connectivity index is 1.14. The number of amides is 2. The summed E-state index contributed by atoms with van der Waals surface area (Å²) in [6, 6.07) is 16.9. The van der Waals surface area contributed by atoms with E-state index in [-0.39, 0.29) is 35.8 Å². The lowest BCUT2D eigenvalue weighted by atomic mass is 10.0. The molecule has 5 rings (SSSR count). The lowest BCUT2D eigenvalue weighted by molar-refractivity contribution is -0.132. The molecule has 8 heteroatoms. The van der Waals surface area contributed by atoms with Crippen molar-refractivity contribution in [3.05, 3.63) is 66.0 Å². The molecule has 2 aromatic rings. The van der Waals surface area contributed by atoms with Crippen LogP contribution >= 0.6 is 0 Å². The lowest BCUT2D eigenvalue weighted by Crippen LogP contribution is -2.50. The van der Waals surface area contributed by atoms with Crippen molar-refractivity contribution in [2.75, 3.05) is 51.2 Å². The van der Waals surface area contributed by atoms with Gasteiger partial charge in [0.25, 0.3) is 0 Å². The molecule has 3 aliphatic rings. The molecule has 7 nitrogen and oxygen atoms in total. The first kappa shape index (κ1) is 24.7. The average Bonchev–Trinajstić information content (AvgIpc) is 3.28. The van der Waals surface area contributed by atoms with Gasteiger partial charge in [-0.25, -0.2) is 4.39 Å². The zero-order valence-corrected chi connectivity index (χ0v) is 21.0. The minimum atomic E-state index is -0.250. The third-order valence-electron chi connectivity index (χ3n) is 8.09. The number of halogens is 1. The fourth-order valence-corrected chi connectivity index (χ4v) is 5.95. The van der Waals surface area contributed by atoms with E-state index in [1.54, 1.807) is 12.1 Å². The molecule has 3 saturated heterocycles. The lowest BCUT2D eigenvalue weighted by Gasteiger charge is -2.37. The van der Waals surface area contributed by atoms with Crippen LogP contribution in [-0.4, -0.2) is 91.0 Å². The molecule has 192 valence electrons. The van der Waals surface area contributed by atoms with E-state index in [9.17, 15) is 14.0 Å². The molecule has 0 saturated carbocycles. The molecule has 2 aromatic carbocycles. The second kappa shape index (κ2) is 11.0. The SMILES string of the molecule is CN1[C@@H](CCC(=O)N2CCN(c3ccccc3)CC2)CNC(=O)[C@@H]2[C@H]1CCN2Cc1ccc(F)cc1. The molecule has 3 atom stereocenters. The maximum Gasteiger partial charge on any atom is 0.239 e. The highest BCUT2D eigenvalue weighted by molar-refractivity contribution is 5.83. The predicted molar refractivity (Wildman–Crippen MR) is 138 cm³/mol. The summed E-state index contributed by atoms with van der Waals surface area (Å²) in [5, 5.41) is 3.13. The van der Waals surface area contributed by atoms with Gasteiger partial charge in [0.2, 0.25) is 11.8 Å². The number of likely N-dealkylation sites (tertiary alicyclic amines) is 1. The van der Waals surface area contributed by atoms with Gasteiger partial charge in [-0.2, -0.15) is 0 Å². The molecule has 3 aliphatic heterocycles. The van der Waals surface area contributed by atoms with E-state index in [1.165, 1.54) is 17.8 Å². The van der Waals surface area contributed by atoms with Gasteiger partial charge >= 0.3 is 0 Å². The largest absolute Gasteiger partial charge is 0.368 e. The molecule has 2 amide bonds. The number of nitrogens with one attached hydrogen (secondary N) is 1. The molecule has 1 N–H and O–H groups in total. The fraction of sp³-hybridized carbons (Fsp3) is 0.500. The molecule has 0 unspecified atom stereocenters. The maximum absolute atomic E-state index is 13.3. The first-order valence-corrected chi connectivity index (χ1v) is 13.1. The highest BCUT2D eigenvalue weighted by atomic mass is 19.1. The number of anilines is 1. The Labute approximate surface area is 212 Å². The molecule has 36 heavy (non-hydrogen) atoms. The summed E-state index contributed by atoms with van der Waals surface area (Å²) in [5.74, 6) is 0.00497. The van der Waals surface area contributed by atoms with Crippen molar-refractivity contribution in [1.29, 1.82) is 0 Å². The Morgan fingerprint density at radius 2 is 1.72 bits per heavy atom. The van der Waals surface area contributed by atoms with E-state index < -0.39 is 0 Å². The third kappa shape index (κ3) is 5.39. The summed E-state index contributed by atoms with van der Waals surface area (Å²) in [4.78, 5) is 34.9. The second-order valence-electron chi connectivity index (χ2n) is 10.2. The van der Waals surface area contributed by atoms with Crippen molar-refractivity contribution in [2.45, 2.75) is 43.9 Å². The Hall–Kier alpha value is -2.97. The van der Waals surface area contributed by atoms with Crippen LogP contribution in [0.25, 0.3) is 0 Å². The summed E-state index contributed by atoms with van der Waals surface area (Å²) < 4.78 is 13.3. The van der Waals surface area contributed by atoms with Crippen molar-refractivity contribution < 1.29 is 14.0 Å². The summed E-state index contributed by atoms with van der Waals surface area (Å²) in [5.41, 5.74) is 2.21. The van der Waals surface area contributed by atoms with Gasteiger partial charge in [0.1, 0.15) is 11.9 Å². The number of rotatable bonds is 6. The van der Waals surface area contributed by atoms with Crippen molar-refractivity contribution >= 4 is 17.5 Å². The number of hydrogen-bond donors (Lipinski definition) is 1. The topological polar surface area (TPSA) is 59.1 Å². The zero-order valence-electron chi connectivity index (χ0n) is 21.0. The van der Waals surface area contributed by atoms with Crippen LogP contribution in [0.2, 0.25) is 0 Å². The van der Waals surface area contributed by atoms with Crippen molar-refractivity contribution in [1.82, 2.24) is 20.0 Å². The van der Waals surface area contributed by atoms with Gasteiger partial charge in [-0.3, -0.25) is 19.4 Å². The van der Waals surface area contributed by atoms with Gasteiger partial charge in [0.05, 0.1) is 0 Å². The number of carbonyl (C=O) groups excluding carboxylic acids is 2. The Morgan fingerprint density at radius 1 is 1.00 bits per heavy atom. The van der Waals surface area contributed by atoms with E-state index in [0.29, 0.717) is 19.5 Å². The van der Waals surface area contributed by atoms with Gasteiger partial charge in [-0.15, -0.1) is 0 Å². The third-order valence-corrected chi connectivity index (χ3v) is 8.09. The summed E-state index contributed by atoms with van der Waals surface area (Å²) in [7, 11) is 2.09. The van der Waals surface area contributed by atoms with Crippen LogP contribution in [0.3, 0.4) is 0 Å². The van der Waals surface area contributed by atoms with Gasteiger partial charge in [-0.1, -0.05) is 30.3 Å². The number of nitrogens with zero attached hydrogens (tertiary/aromatic N) is 4. The number of piperazine rings is 1. The number of benzene rings is 2. The van der Waals surface area contributed by atoms with Crippen LogP contribution in [-0.2, 0) is 16.1 Å². The molecule has 3 heterocycles. The van der Waals surface area contributed by atoms with E-state index in [0.717, 1.165) is 51.1 Å². The highest BCUT2D eigenvalue weighted by Gasteiger charge is 2.45. The molecule has 0 aromatic heterocycles. The summed E-state index contributed by atoms with van der Waals surface area (Å²) in [6.07, 6.45) is 2.13. The Kier molecular flexibility index (Phi) is 7.53. The smallest absolute Gasteiger partial charge is 0.239 e. The fourth-order valence-electron chi connectivity index (χ4n) is 5.95. The zero-order chi connectivity index (χ0) is 25.1. The molecule has 0 radical (unpaired) electrons. The number of likely N-dealkylation sites (N-methyl/N-ethyl adjacent to an activating group) is 1. The average molecular weight is 494 g/mol. The first-order chi connectivity index (χ1) is 17.5. The van der Waals surface area contributed by atoms with Crippen molar-refractivity contribution in [3.63, 3.8) is 0 Å². The summed E-state index contributed by atoms with van der Waals surface area (Å²) in [6.45, 7) is 5.19. The molecule has 3 fully saturated rings. The van der Waals surface area contributed by atoms with E-state index in [4.69, 9.17) is 0 Å². The van der Waals surface area contributed by atoms with Crippen molar-refractivity contribution in [3.8, 4) is 0 Å². The monoisotopic (exact) mass is 493 g/mol. The molecular weight excluding hydrogens is 457 g/mol. The summed E-state index contributed by atoms with van der Waals surface area (Å²) >= 11 is 0. The maximum atomic E-state index is 13.3. The minimum Gasteiger partial charge on any atom is -0.368 e. The number of carbonyl (C=O) groups is 2. The highest BCUT2D eigenvalue weighted by Crippen LogP contribution is 2.29. The minimum absolute atomic E-state index is 0.0531. The number of fused-ring (bicyclic) bond motifs is 1. The van der Waals surface area contributed by atoms with Crippen LogP contribution in [0.5, 0.6) is 0 Å². The first-order valence-electron chi connectivity index (χ1n) is 13.1. The van der Waals surface area contributed by atoms with Crippen molar-refractivity contribution in [2.24, 2.45) is 0 Å². The normalized spacial score (nSPS) is 25.4. The van der Waals surface area contributed by atoms with Crippen LogP contribution in [0.4, 0.5) is 10.1 Å². The Bertz CT molecular complexity index is 1040. The van der Waals surface area contributed by atoms with Gasteiger partial charge in [-0.05, 0) is 49.7 Å². The number of hydrogen-bond acceptors (Lipinski definition) is 5. The van der Waals surface area contributed by atoms with Crippen LogP contribution in [0, 0.1) is 5.82 Å². The standard InChI is InChI=1S/C28H36FN5O2/c1-31-24(11-12-26(35)33-17-15-32(16-18-33)23-5-3-2-4-6-23)19-30-28(36)27-25(31)13-14-34(27)20-21-7-9-22(29)10-8-21/h2-10,24-25,27H,11-20H2,1H3,(H,30,36)/t24-,25+,27-/m0/s1. The second-order valence-corrected chi connectivity index (χ2v) is 10.2. The predicted octanol–water partition coefficient (Wildman–Crippen LogP) is 2.33. The van der Waals surface area contributed by atoms with Crippen LogP contribution < -0.4 is 10.2 Å². The van der Waals surface area contributed by atoms with Gasteiger partial charge < -0.3 is 15.1 Å². The van der Waals surface area contributed by atoms with E-state index in [1.807, 2.05) is 23.1 Å². The Morgan fingerprint density at radius 3 is 2.44 bits per heavy atom. The van der Waals surface area contributed by atoms with Gasteiger partial charge in [0, 0.05) is 70.0 Å². The van der Waals surface area contributed by atoms with E-state index >= 15 is 0 Å².